The van der Waals surface area contributed by atoms with E-state index in [9.17, 15) is 9.59 Å². The Morgan fingerprint density at radius 3 is 2.18 bits per heavy atom. The van der Waals surface area contributed by atoms with E-state index in [2.05, 4.69) is 5.32 Å². The summed E-state index contributed by atoms with van der Waals surface area (Å²) in [7, 11) is 3.22. The molecule has 0 spiro atoms. The highest BCUT2D eigenvalue weighted by molar-refractivity contribution is 5.88. The number of ether oxygens (including phenoxy) is 2. The summed E-state index contributed by atoms with van der Waals surface area (Å²) in [5.74, 6) is 1.17. The summed E-state index contributed by atoms with van der Waals surface area (Å²) in [6.07, 6.45) is 0.724. The fourth-order valence-corrected chi connectivity index (χ4v) is 3.83. The minimum atomic E-state index is -0.661. The number of carbonyl (C=O) groups is 2. The summed E-state index contributed by atoms with van der Waals surface area (Å²) in [5.41, 5.74) is 2.79. The van der Waals surface area contributed by atoms with Crippen molar-refractivity contribution >= 4 is 11.8 Å². The first-order valence-corrected chi connectivity index (χ1v) is 11.4. The summed E-state index contributed by atoms with van der Waals surface area (Å²) < 4.78 is 10.7. The second kappa shape index (κ2) is 12.4. The van der Waals surface area contributed by atoms with Gasteiger partial charge in [0.15, 0.2) is 0 Å². The largest absolute Gasteiger partial charge is 0.497 e. The van der Waals surface area contributed by atoms with Crippen LogP contribution in [0.5, 0.6) is 11.5 Å². The predicted octanol–water partition coefficient (Wildman–Crippen LogP) is 4.37. The molecule has 0 bridgehead atoms. The molecule has 3 aromatic rings. The summed E-state index contributed by atoms with van der Waals surface area (Å²) >= 11 is 0. The number of para-hydroxylation sites is 1. The average Bonchev–Trinajstić information content (AvgIpc) is 2.89. The maximum absolute atomic E-state index is 13.5. The van der Waals surface area contributed by atoms with Gasteiger partial charge >= 0.3 is 0 Å². The van der Waals surface area contributed by atoms with Crippen molar-refractivity contribution in [1.29, 1.82) is 0 Å². The molecule has 3 aromatic carbocycles. The molecule has 3 rings (SSSR count). The van der Waals surface area contributed by atoms with Crippen molar-refractivity contribution in [3.63, 3.8) is 0 Å². The molecule has 6 nitrogen and oxygen atoms in total. The summed E-state index contributed by atoms with van der Waals surface area (Å²) in [6.45, 7) is 2.46. The molecule has 0 heterocycles. The molecule has 0 aliphatic rings. The van der Waals surface area contributed by atoms with Crippen molar-refractivity contribution in [2.24, 2.45) is 0 Å². The van der Waals surface area contributed by atoms with Crippen LogP contribution in [0, 0.1) is 0 Å². The van der Waals surface area contributed by atoms with Crippen molar-refractivity contribution in [2.45, 2.75) is 38.9 Å². The number of nitrogens with one attached hydrogen (secondary N) is 1. The van der Waals surface area contributed by atoms with E-state index in [1.807, 2.05) is 85.8 Å². The van der Waals surface area contributed by atoms with Crippen LogP contribution in [0.3, 0.4) is 0 Å². The molecule has 178 valence electrons. The van der Waals surface area contributed by atoms with Gasteiger partial charge in [0, 0.05) is 31.5 Å². The molecule has 0 fully saturated rings. The van der Waals surface area contributed by atoms with Gasteiger partial charge in [-0.1, -0.05) is 67.6 Å². The lowest BCUT2D eigenvalue weighted by Gasteiger charge is -2.31. The monoisotopic (exact) mass is 460 g/mol. The first-order valence-electron chi connectivity index (χ1n) is 11.4. The van der Waals surface area contributed by atoms with E-state index in [-0.39, 0.29) is 11.8 Å². The van der Waals surface area contributed by atoms with Crippen LogP contribution in [0.25, 0.3) is 0 Å². The van der Waals surface area contributed by atoms with Gasteiger partial charge in [-0.3, -0.25) is 9.59 Å². The fraction of sp³-hybridized carbons (Fsp3) is 0.286. The molecular weight excluding hydrogens is 428 g/mol. The first kappa shape index (κ1) is 24.8. The highest BCUT2D eigenvalue weighted by Crippen LogP contribution is 2.20. The summed E-state index contributed by atoms with van der Waals surface area (Å²) in [4.78, 5) is 28.2. The molecule has 1 unspecified atom stereocenters. The molecule has 1 N–H and O–H groups in total. The van der Waals surface area contributed by atoms with E-state index in [0.29, 0.717) is 31.7 Å². The van der Waals surface area contributed by atoms with Gasteiger partial charge in [0.2, 0.25) is 11.8 Å². The van der Waals surface area contributed by atoms with E-state index in [1.165, 1.54) is 0 Å². The standard InChI is InChI=1S/C28H32N2O4/c1-4-27(31)30(20-22-14-16-24(33-2)17-15-22)25(18-21-10-6-5-7-11-21)28(32)29-19-23-12-8-9-13-26(23)34-3/h5-17,25H,4,18-20H2,1-3H3,(H,29,32). The lowest BCUT2D eigenvalue weighted by atomic mass is 10.0. The van der Waals surface area contributed by atoms with E-state index in [4.69, 9.17) is 9.47 Å². The number of amides is 2. The number of carbonyl (C=O) groups excluding carboxylic acids is 2. The number of methoxy groups -OCH3 is 2. The molecule has 0 aromatic heterocycles. The van der Waals surface area contributed by atoms with Crippen molar-refractivity contribution in [3.05, 3.63) is 95.6 Å². The van der Waals surface area contributed by atoms with Gasteiger partial charge in [-0.2, -0.15) is 0 Å². The number of benzene rings is 3. The van der Waals surface area contributed by atoms with Gasteiger partial charge in [-0.25, -0.2) is 0 Å². The predicted molar refractivity (Wildman–Crippen MR) is 133 cm³/mol. The highest BCUT2D eigenvalue weighted by Gasteiger charge is 2.29. The lowest BCUT2D eigenvalue weighted by Crippen LogP contribution is -2.50. The second-order valence-corrected chi connectivity index (χ2v) is 7.96. The van der Waals surface area contributed by atoms with Crippen LogP contribution < -0.4 is 14.8 Å². The molecule has 34 heavy (non-hydrogen) atoms. The number of hydrogen-bond donors (Lipinski definition) is 1. The molecule has 0 saturated carbocycles. The van der Waals surface area contributed by atoms with Crippen LogP contribution in [-0.2, 0) is 29.1 Å². The summed E-state index contributed by atoms with van der Waals surface area (Å²) in [6, 6.07) is 24.2. The first-order chi connectivity index (χ1) is 16.5. The van der Waals surface area contributed by atoms with E-state index >= 15 is 0 Å². The Labute approximate surface area is 201 Å². The maximum atomic E-state index is 13.5. The molecule has 0 radical (unpaired) electrons. The number of rotatable bonds is 11. The lowest BCUT2D eigenvalue weighted by molar-refractivity contribution is -0.141. The Balaban J connectivity index is 1.87. The zero-order chi connectivity index (χ0) is 24.3. The Kier molecular flexibility index (Phi) is 9.09. The molecule has 6 heteroatoms. The molecule has 0 saturated heterocycles. The topological polar surface area (TPSA) is 67.9 Å². The SMILES string of the molecule is CCC(=O)N(Cc1ccc(OC)cc1)C(Cc1ccccc1)C(=O)NCc1ccccc1OC. The third-order valence-corrected chi connectivity index (χ3v) is 5.73. The number of hydrogen-bond acceptors (Lipinski definition) is 4. The Hall–Kier alpha value is -3.80. The van der Waals surface area contributed by atoms with Crippen molar-refractivity contribution < 1.29 is 19.1 Å². The van der Waals surface area contributed by atoms with Gasteiger partial charge in [-0.05, 0) is 29.3 Å². The number of nitrogens with zero attached hydrogens (tertiary/aromatic N) is 1. The van der Waals surface area contributed by atoms with Crippen LogP contribution >= 0.6 is 0 Å². The van der Waals surface area contributed by atoms with Crippen molar-refractivity contribution in [1.82, 2.24) is 10.2 Å². The Morgan fingerprint density at radius 1 is 0.853 bits per heavy atom. The smallest absolute Gasteiger partial charge is 0.243 e. The summed E-state index contributed by atoms with van der Waals surface area (Å²) in [5, 5.41) is 3.02. The zero-order valence-electron chi connectivity index (χ0n) is 20.0. The fourth-order valence-electron chi connectivity index (χ4n) is 3.83. The Bertz CT molecular complexity index is 1070. The van der Waals surface area contributed by atoms with Gasteiger partial charge in [0.1, 0.15) is 17.5 Å². The molecule has 1 atom stereocenters. The molecule has 0 aliphatic heterocycles. The quantitative estimate of drug-likeness (QED) is 0.461. The van der Waals surface area contributed by atoms with Gasteiger partial charge in [0.25, 0.3) is 0 Å². The van der Waals surface area contributed by atoms with Crippen LogP contribution in [0.4, 0.5) is 0 Å². The highest BCUT2D eigenvalue weighted by atomic mass is 16.5. The molecular formula is C28H32N2O4. The van der Waals surface area contributed by atoms with E-state index in [0.717, 1.165) is 22.4 Å². The molecule has 2 amide bonds. The zero-order valence-corrected chi connectivity index (χ0v) is 20.0. The minimum Gasteiger partial charge on any atom is -0.497 e. The van der Waals surface area contributed by atoms with Crippen LogP contribution in [-0.4, -0.2) is 37.0 Å². The van der Waals surface area contributed by atoms with E-state index < -0.39 is 6.04 Å². The van der Waals surface area contributed by atoms with Crippen LogP contribution in [0.2, 0.25) is 0 Å². The van der Waals surface area contributed by atoms with Crippen LogP contribution in [0.15, 0.2) is 78.9 Å². The van der Waals surface area contributed by atoms with Gasteiger partial charge in [-0.15, -0.1) is 0 Å². The van der Waals surface area contributed by atoms with Crippen molar-refractivity contribution in [2.75, 3.05) is 14.2 Å². The second-order valence-electron chi connectivity index (χ2n) is 7.96. The Morgan fingerprint density at radius 2 is 1.53 bits per heavy atom. The third-order valence-electron chi connectivity index (χ3n) is 5.73. The third kappa shape index (κ3) is 6.61. The normalized spacial score (nSPS) is 11.4. The molecule has 0 aliphatic carbocycles. The van der Waals surface area contributed by atoms with Gasteiger partial charge in [0.05, 0.1) is 14.2 Å². The van der Waals surface area contributed by atoms with Crippen molar-refractivity contribution in [3.8, 4) is 11.5 Å². The van der Waals surface area contributed by atoms with E-state index in [1.54, 1.807) is 19.1 Å². The minimum absolute atomic E-state index is 0.0795. The van der Waals surface area contributed by atoms with Crippen LogP contribution in [0.1, 0.15) is 30.0 Å². The maximum Gasteiger partial charge on any atom is 0.243 e. The average molecular weight is 461 g/mol. The van der Waals surface area contributed by atoms with Gasteiger partial charge < -0.3 is 19.7 Å².